The molecule has 0 saturated heterocycles. The summed E-state index contributed by atoms with van der Waals surface area (Å²) in [6.07, 6.45) is 2.22. The lowest BCUT2D eigenvalue weighted by Crippen LogP contribution is -2.42. The highest BCUT2D eigenvalue weighted by Crippen LogP contribution is 2.41. The number of nitrogens with one attached hydrogen (secondary N) is 1. The second-order valence-corrected chi connectivity index (χ2v) is 8.49. The highest BCUT2D eigenvalue weighted by molar-refractivity contribution is 7.89. The number of hydrogen-bond acceptors (Lipinski definition) is 3. The van der Waals surface area contributed by atoms with Crippen LogP contribution in [0.3, 0.4) is 0 Å². The van der Waals surface area contributed by atoms with E-state index in [0.717, 1.165) is 24.1 Å². The number of amides is 1. The van der Waals surface area contributed by atoms with Gasteiger partial charge in [0, 0.05) is 30.1 Å². The summed E-state index contributed by atoms with van der Waals surface area (Å²) >= 11 is 0. The van der Waals surface area contributed by atoms with E-state index in [0.29, 0.717) is 13.0 Å². The van der Waals surface area contributed by atoms with Crippen molar-refractivity contribution < 1.29 is 13.2 Å². The number of hydrogen-bond donors (Lipinski definition) is 1. The van der Waals surface area contributed by atoms with E-state index in [4.69, 9.17) is 0 Å². The second-order valence-electron chi connectivity index (χ2n) is 6.77. The van der Waals surface area contributed by atoms with E-state index < -0.39 is 10.0 Å². The Morgan fingerprint density at radius 2 is 2.00 bits per heavy atom. The predicted octanol–water partition coefficient (Wildman–Crippen LogP) is 2.16. The van der Waals surface area contributed by atoms with E-state index in [2.05, 4.69) is 4.72 Å². The van der Waals surface area contributed by atoms with Crippen LogP contribution in [-0.4, -0.2) is 26.9 Å². The summed E-state index contributed by atoms with van der Waals surface area (Å²) in [5.74, 6) is 0.0895. The number of benzene rings is 1. The summed E-state index contributed by atoms with van der Waals surface area (Å²) in [6.45, 7) is 6.50. The van der Waals surface area contributed by atoms with Crippen molar-refractivity contribution >= 4 is 21.6 Å². The fourth-order valence-electron chi connectivity index (χ4n) is 3.00. The monoisotopic (exact) mass is 322 g/mol. The summed E-state index contributed by atoms with van der Waals surface area (Å²) in [6, 6.07) is 5.18. The van der Waals surface area contributed by atoms with E-state index >= 15 is 0 Å². The molecule has 1 heterocycles. The summed E-state index contributed by atoms with van der Waals surface area (Å²) in [4.78, 5) is 14.3. The average Bonchev–Trinajstić information content (AvgIpc) is 3.21. The lowest BCUT2D eigenvalue weighted by atomic mass is 9.77. The van der Waals surface area contributed by atoms with Gasteiger partial charge in [-0.1, -0.05) is 13.8 Å². The van der Waals surface area contributed by atoms with Crippen LogP contribution in [0.1, 0.15) is 45.6 Å². The third kappa shape index (κ3) is 2.65. The molecule has 1 aliphatic heterocycles. The smallest absolute Gasteiger partial charge is 0.240 e. The third-order valence-electron chi connectivity index (χ3n) is 4.41. The van der Waals surface area contributed by atoms with Crippen LogP contribution in [0.5, 0.6) is 0 Å². The molecule has 0 atom stereocenters. The maximum atomic E-state index is 12.4. The van der Waals surface area contributed by atoms with Crippen LogP contribution < -0.4 is 9.62 Å². The number of carbonyl (C=O) groups is 1. The molecule has 0 radical (unpaired) electrons. The van der Waals surface area contributed by atoms with Gasteiger partial charge in [-0.2, -0.15) is 0 Å². The van der Waals surface area contributed by atoms with Crippen molar-refractivity contribution in [1.82, 2.24) is 4.72 Å². The quantitative estimate of drug-likeness (QED) is 0.924. The van der Waals surface area contributed by atoms with Crippen LogP contribution in [0.2, 0.25) is 0 Å². The molecule has 1 fully saturated rings. The Morgan fingerprint density at radius 1 is 1.32 bits per heavy atom. The highest BCUT2D eigenvalue weighted by Gasteiger charge is 2.37. The van der Waals surface area contributed by atoms with Crippen molar-refractivity contribution in [1.29, 1.82) is 0 Å². The number of fused-ring (bicyclic) bond motifs is 1. The summed E-state index contributed by atoms with van der Waals surface area (Å²) < 4.78 is 27.5. The first-order valence-corrected chi connectivity index (χ1v) is 9.20. The van der Waals surface area contributed by atoms with E-state index in [9.17, 15) is 13.2 Å². The van der Waals surface area contributed by atoms with E-state index in [1.165, 1.54) is 0 Å². The van der Waals surface area contributed by atoms with Crippen molar-refractivity contribution in [2.75, 3.05) is 11.4 Å². The molecule has 1 amide bonds. The molecular formula is C16H22N2O3S. The largest absolute Gasteiger partial charge is 0.312 e. The molecule has 0 bridgehead atoms. The van der Waals surface area contributed by atoms with Crippen LogP contribution in [0, 0.1) is 0 Å². The molecular weight excluding hydrogens is 300 g/mol. The Bertz CT molecular complexity index is 721. The fourth-order valence-corrected chi connectivity index (χ4v) is 4.33. The first-order valence-electron chi connectivity index (χ1n) is 7.72. The topological polar surface area (TPSA) is 66.5 Å². The molecule has 3 rings (SSSR count). The molecule has 0 spiro atoms. The molecule has 5 nitrogen and oxygen atoms in total. The van der Waals surface area contributed by atoms with Gasteiger partial charge in [0.05, 0.1) is 4.90 Å². The minimum absolute atomic E-state index is 0.0859. The molecule has 2 aliphatic rings. The van der Waals surface area contributed by atoms with Gasteiger partial charge >= 0.3 is 0 Å². The van der Waals surface area contributed by atoms with Gasteiger partial charge < -0.3 is 4.90 Å². The first-order chi connectivity index (χ1) is 10.2. The maximum absolute atomic E-state index is 12.4. The summed E-state index contributed by atoms with van der Waals surface area (Å²) in [5.41, 5.74) is 1.39. The summed E-state index contributed by atoms with van der Waals surface area (Å²) in [7, 11) is -3.47. The van der Waals surface area contributed by atoms with Gasteiger partial charge in [0.25, 0.3) is 0 Å². The molecule has 0 unspecified atom stereocenters. The molecule has 1 aromatic carbocycles. The Morgan fingerprint density at radius 3 is 2.59 bits per heavy atom. The van der Waals surface area contributed by atoms with E-state index in [1.54, 1.807) is 23.1 Å². The molecule has 22 heavy (non-hydrogen) atoms. The Hall–Kier alpha value is -1.40. The van der Waals surface area contributed by atoms with Gasteiger partial charge in [0.1, 0.15) is 0 Å². The molecule has 1 N–H and O–H groups in total. The van der Waals surface area contributed by atoms with Gasteiger partial charge in [-0.05, 0) is 43.5 Å². The Kier molecular flexibility index (Phi) is 3.57. The lowest BCUT2D eigenvalue weighted by Gasteiger charge is -2.38. The Balaban J connectivity index is 2.06. The van der Waals surface area contributed by atoms with Crippen LogP contribution in [0.4, 0.5) is 5.69 Å². The zero-order valence-electron chi connectivity index (χ0n) is 13.2. The van der Waals surface area contributed by atoms with Crippen molar-refractivity contribution in [3.8, 4) is 0 Å². The Labute approximate surface area is 131 Å². The number of rotatable bonds is 4. The van der Waals surface area contributed by atoms with E-state index in [-0.39, 0.29) is 22.3 Å². The van der Waals surface area contributed by atoms with Crippen molar-refractivity contribution in [2.45, 2.75) is 56.4 Å². The van der Waals surface area contributed by atoms with Crippen molar-refractivity contribution in [3.63, 3.8) is 0 Å². The van der Waals surface area contributed by atoms with Crippen molar-refractivity contribution in [2.24, 2.45) is 0 Å². The average molecular weight is 322 g/mol. The lowest BCUT2D eigenvalue weighted by molar-refractivity contribution is -0.120. The van der Waals surface area contributed by atoms with Crippen LogP contribution >= 0.6 is 0 Å². The molecule has 1 saturated carbocycles. The van der Waals surface area contributed by atoms with E-state index in [1.807, 2.05) is 20.8 Å². The van der Waals surface area contributed by atoms with Gasteiger partial charge in [-0.15, -0.1) is 0 Å². The number of nitrogens with zero attached hydrogens (tertiary/aromatic N) is 1. The zero-order chi connectivity index (χ0) is 16.1. The van der Waals surface area contributed by atoms with Gasteiger partial charge in [0.15, 0.2) is 0 Å². The summed E-state index contributed by atoms with van der Waals surface area (Å²) in [5, 5.41) is 0. The number of anilines is 1. The van der Waals surface area contributed by atoms with Crippen LogP contribution in [-0.2, 0) is 20.2 Å². The van der Waals surface area contributed by atoms with Crippen molar-refractivity contribution in [3.05, 3.63) is 23.8 Å². The molecule has 120 valence electrons. The molecule has 1 aliphatic carbocycles. The fraction of sp³-hybridized carbons (Fsp3) is 0.562. The van der Waals surface area contributed by atoms with Gasteiger partial charge in [-0.25, -0.2) is 13.1 Å². The first kappa shape index (κ1) is 15.5. The highest BCUT2D eigenvalue weighted by atomic mass is 32.2. The maximum Gasteiger partial charge on any atom is 0.240 e. The molecule has 1 aromatic rings. The molecule has 6 heteroatoms. The van der Waals surface area contributed by atoms with Gasteiger partial charge in [-0.3, -0.25) is 4.79 Å². The number of carbonyl (C=O) groups excluding carboxylic acids is 1. The second kappa shape index (κ2) is 5.06. The minimum atomic E-state index is -3.47. The number of sulfonamides is 1. The predicted molar refractivity (Wildman–Crippen MR) is 85.5 cm³/mol. The third-order valence-corrected chi connectivity index (χ3v) is 5.93. The zero-order valence-corrected chi connectivity index (χ0v) is 14.0. The standard InChI is InChI=1S/C16H22N2O3S/c1-4-18-14-8-7-12(22(20,21)17-11-5-6-11)9-13(14)16(2,3)10-15(18)19/h7-9,11,17H,4-6,10H2,1-3H3. The minimum Gasteiger partial charge on any atom is -0.312 e. The van der Waals surface area contributed by atoms with Crippen LogP contribution in [0.25, 0.3) is 0 Å². The van der Waals surface area contributed by atoms with Gasteiger partial charge in [0.2, 0.25) is 15.9 Å². The normalized spacial score (nSPS) is 20.9. The SMILES string of the molecule is CCN1C(=O)CC(C)(C)c2cc(S(=O)(=O)NC3CC3)ccc21. The van der Waals surface area contributed by atoms with Crippen LogP contribution in [0.15, 0.2) is 23.1 Å². The molecule has 0 aromatic heterocycles.